The number of hydrogen-bond donors (Lipinski definition) is 1. The zero-order valence-electron chi connectivity index (χ0n) is 7.69. The van der Waals surface area contributed by atoms with Crippen molar-refractivity contribution in [3.8, 4) is 0 Å². The molecule has 1 saturated heterocycles. The molecule has 1 nitrogen and oxygen atoms in total. The molecule has 1 saturated carbocycles. The second-order valence-electron chi connectivity index (χ2n) is 4.59. The Morgan fingerprint density at radius 2 is 1.91 bits per heavy atom. The molecular weight excluding hydrogens is 134 g/mol. The Morgan fingerprint density at radius 3 is 2.27 bits per heavy atom. The van der Waals surface area contributed by atoms with E-state index < -0.39 is 0 Å². The second-order valence-corrected chi connectivity index (χ2v) is 4.59. The molecule has 0 aromatic carbocycles. The average molecular weight is 153 g/mol. The van der Waals surface area contributed by atoms with Crippen LogP contribution in [0.25, 0.3) is 0 Å². The molecular formula is C10H19N. The summed E-state index contributed by atoms with van der Waals surface area (Å²) in [4.78, 5) is 0. The molecule has 0 aromatic heterocycles. The lowest BCUT2D eigenvalue weighted by molar-refractivity contribution is 0.0659. The Bertz CT molecular complexity index is 145. The van der Waals surface area contributed by atoms with E-state index in [2.05, 4.69) is 19.2 Å². The fraction of sp³-hybridized carbons (Fsp3) is 1.00. The maximum absolute atomic E-state index is 3.65. The maximum Gasteiger partial charge on any atom is 0.0224 e. The van der Waals surface area contributed by atoms with E-state index in [1.165, 1.54) is 32.2 Å². The van der Waals surface area contributed by atoms with E-state index in [4.69, 9.17) is 0 Å². The van der Waals surface area contributed by atoms with Crippen molar-refractivity contribution in [1.82, 2.24) is 5.32 Å². The van der Waals surface area contributed by atoms with Crippen LogP contribution in [0.15, 0.2) is 0 Å². The van der Waals surface area contributed by atoms with Crippen molar-refractivity contribution < 1.29 is 0 Å². The van der Waals surface area contributed by atoms with Gasteiger partial charge in [0.05, 0.1) is 0 Å². The lowest BCUT2D eigenvalue weighted by Crippen LogP contribution is -2.65. The van der Waals surface area contributed by atoms with Crippen molar-refractivity contribution in [3.63, 3.8) is 0 Å². The molecule has 1 spiro atoms. The van der Waals surface area contributed by atoms with E-state index in [0.717, 1.165) is 11.8 Å². The predicted molar refractivity (Wildman–Crippen MR) is 47.5 cm³/mol. The molecule has 2 fully saturated rings. The molecule has 11 heavy (non-hydrogen) atoms. The van der Waals surface area contributed by atoms with Crippen LogP contribution in [-0.2, 0) is 0 Å². The monoisotopic (exact) mass is 153 g/mol. The van der Waals surface area contributed by atoms with Crippen LogP contribution in [0.3, 0.4) is 0 Å². The van der Waals surface area contributed by atoms with Gasteiger partial charge in [-0.15, -0.1) is 0 Å². The third-order valence-electron chi connectivity index (χ3n) is 3.68. The zero-order valence-corrected chi connectivity index (χ0v) is 7.69. The minimum atomic E-state index is 0.605. The highest BCUT2D eigenvalue weighted by molar-refractivity contribution is 5.07. The van der Waals surface area contributed by atoms with Crippen molar-refractivity contribution in [2.45, 2.75) is 45.1 Å². The molecule has 1 atom stereocenters. The van der Waals surface area contributed by atoms with Crippen molar-refractivity contribution in [2.75, 3.05) is 6.54 Å². The van der Waals surface area contributed by atoms with Crippen LogP contribution in [-0.4, -0.2) is 12.1 Å². The summed E-state index contributed by atoms with van der Waals surface area (Å²) >= 11 is 0. The van der Waals surface area contributed by atoms with Crippen LogP contribution in [0.5, 0.6) is 0 Å². The first-order valence-corrected chi connectivity index (χ1v) is 5.00. The molecule has 2 aliphatic rings. The van der Waals surface area contributed by atoms with Crippen molar-refractivity contribution in [2.24, 2.45) is 11.8 Å². The number of nitrogens with one attached hydrogen (secondary N) is 1. The summed E-state index contributed by atoms with van der Waals surface area (Å²) in [6, 6.07) is 0. The first-order chi connectivity index (χ1) is 5.25. The molecule has 0 unspecified atom stereocenters. The minimum absolute atomic E-state index is 0.605. The van der Waals surface area contributed by atoms with Gasteiger partial charge in [0.1, 0.15) is 0 Å². The average Bonchev–Trinajstić information content (AvgIpc) is 2.31. The summed E-state index contributed by atoms with van der Waals surface area (Å²) in [6.45, 7) is 6.01. The van der Waals surface area contributed by atoms with Gasteiger partial charge in [-0.1, -0.05) is 26.7 Å². The third-order valence-corrected chi connectivity index (χ3v) is 3.68. The lowest BCUT2D eigenvalue weighted by atomic mass is 9.69. The fourth-order valence-corrected chi connectivity index (χ4v) is 2.94. The largest absolute Gasteiger partial charge is 0.311 e. The second kappa shape index (κ2) is 2.48. The normalized spacial score (nSPS) is 34.6. The summed E-state index contributed by atoms with van der Waals surface area (Å²) in [6.07, 6.45) is 5.79. The van der Waals surface area contributed by atoms with Gasteiger partial charge in [-0.25, -0.2) is 0 Å². The van der Waals surface area contributed by atoms with E-state index >= 15 is 0 Å². The van der Waals surface area contributed by atoms with Crippen molar-refractivity contribution in [1.29, 1.82) is 0 Å². The van der Waals surface area contributed by atoms with Gasteiger partial charge in [-0.05, 0) is 24.7 Å². The first-order valence-electron chi connectivity index (χ1n) is 5.00. The molecule has 64 valence electrons. The van der Waals surface area contributed by atoms with Crippen LogP contribution in [0, 0.1) is 11.8 Å². The Morgan fingerprint density at radius 1 is 1.27 bits per heavy atom. The summed E-state index contributed by atoms with van der Waals surface area (Å²) in [5.41, 5.74) is 0.605. The highest BCUT2D eigenvalue weighted by Gasteiger charge is 2.48. The fourth-order valence-electron chi connectivity index (χ4n) is 2.94. The smallest absolute Gasteiger partial charge is 0.0224 e. The molecule has 1 heteroatoms. The third kappa shape index (κ3) is 1.01. The summed E-state index contributed by atoms with van der Waals surface area (Å²) in [7, 11) is 0. The Labute approximate surface area is 69.6 Å². The van der Waals surface area contributed by atoms with Gasteiger partial charge >= 0.3 is 0 Å². The maximum atomic E-state index is 3.65. The number of hydrogen-bond acceptors (Lipinski definition) is 1. The van der Waals surface area contributed by atoms with E-state index in [9.17, 15) is 0 Å². The van der Waals surface area contributed by atoms with Crippen LogP contribution in [0.1, 0.15) is 39.5 Å². The molecule has 0 radical (unpaired) electrons. The molecule has 2 rings (SSSR count). The minimum Gasteiger partial charge on any atom is -0.311 e. The predicted octanol–water partition coefficient (Wildman–Crippen LogP) is 2.17. The van der Waals surface area contributed by atoms with Gasteiger partial charge in [0.15, 0.2) is 0 Å². The van der Waals surface area contributed by atoms with Gasteiger partial charge in [0.2, 0.25) is 0 Å². The van der Waals surface area contributed by atoms with Crippen molar-refractivity contribution >= 4 is 0 Å². The molecule has 1 N–H and O–H groups in total. The Balaban J connectivity index is 2.03. The molecule has 0 aromatic rings. The van der Waals surface area contributed by atoms with Crippen LogP contribution >= 0.6 is 0 Å². The quantitative estimate of drug-likeness (QED) is 0.609. The SMILES string of the molecule is CC(C)[C@H]1CNC12CCCC2. The van der Waals surface area contributed by atoms with Gasteiger partial charge in [-0.2, -0.15) is 0 Å². The van der Waals surface area contributed by atoms with Gasteiger partial charge in [0, 0.05) is 12.1 Å². The Kier molecular flexibility index (Phi) is 1.71. The summed E-state index contributed by atoms with van der Waals surface area (Å²) in [5, 5.41) is 3.65. The van der Waals surface area contributed by atoms with Gasteiger partial charge < -0.3 is 5.32 Å². The molecule has 1 heterocycles. The van der Waals surface area contributed by atoms with Crippen molar-refractivity contribution in [3.05, 3.63) is 0 Å². The zero-order chi connectivity index (χ0) is 7.90. The Hall–Kier alpha value is -0.0400. The summed E-state index contributed by atoms with van der Waals surface area (Å²) in [5.74, 6) is 1.86. The van der Waals surface area contributed by atoms with Crippen LogP contribution < -0.4 is 5.32 Å². The molecule has 1 aliphatic carbocycles. The summed E-state index contributed by atoms with van der Waals surface area (Å²) < 4.78 is 0. The van der Waals surface area contributed by atoms with Crippen LogP contribution in [0.2, 0.25) is 0 Å². The molecule has 0 amide bonds. The standard InChI is InChI=1S/C10H19N/c1-8(2)9-7-11-10(9)5-3-4-6-10/h8-9,11H,3-7H2,1-2H3/t9-/m1/s1. The molecule has 0 bridgehead atoms. The van der Waals surface area contributed by atoms with Gasteiger partial charge in [-0.3, -0.25) is 0 Å². The van der Waals surface area contributed by atoms with E-state index in [0.29, 0.717) is 5.54 Å². The van der Waals surface area contributed by atoms with Crippen LogP contribution in [0.4, 0.5) is 0 Å². The first kappa shape index (κ1) is 7.60. The van der Waals surface area contributed by atoms with E-state index in [1.54, 1.807) is 0 Å². The van der Waals surface area contributed by atoms with E-state index in [1.807, 2.05) is 0 Å². The molecule has 1 aliphatic heterocycles. The highest BCUT2D eigenvalue weighted by atomic mass is 15.1. The number of rotatable bonds is 1. The highest BCUT2D eigenvalue weighted by Crippen LogP contribution is 2.44. The lowest BCUT2D eigenvalue weighted by Gasteiger charge is -2.51. The van der Waals surface area contributed by atoms with Gasteiger partial charge in [0.25, 0.3) is 0 Å². The van der Waals surface area contributed by atoms with E-state index in [-0.39, 0.29) is 0 Å². The topological polar surface area (TPSA) is 12.0 Å².